The molecule has 12 heteroatoms. The van der Waals surface area contributed by atoms with Crippen LogP contribution in [-0.2, 0) is 0 Å². The summed E-state index contributed by atoms with van der Waals surface area (Å²) in [6.45, 7) is -0.0982. The van der Waals surface area contributed by atoms with Crippen molar-refractivity contribution < 1.29 is 28.2 Å². The van der Waals surface area contributed by atoms with Gasteiger partial charge in [0.25, 0.3) is 23.2 Å². The number of nitro benzene ring substituents is 2. The van der Waals surface area contributed by atoms with E-state index in [-0.39, 0.29) is 26.2 Å². The third-order valence-corrected chi connectivity index (χ3v) is 4.64. The second kappa shape index (κ2) is 8.19. The van der Waals surface area contributed by atoms with Crippen LogP contribution < -0.4 is 0 Å². The van der Waals surface area contributed by atoms with Crippen molar-refractivity contribution in [3.63, 3.8) is 0 Å². The molecule has 2 amide bonds. The Morgan fingerprint density at radius 1 is 0.733 bits per heavy atom. The second-order valence-electron chi connectivity index (χ2n) is 6.43. The molecule has 0 aromatic heterocycles. The maximum absolute atomic E-state index is 14.0. The van der Waals surface area contributed by atoms with Gasteiger partial charge in [-0.25, -0.2) is 8.78 Å². The van der Waals surface area contributed by atoms with Crippen LogP contribution in [0.2, 0.25) is 0 Å². The Morgan fingerprint density at radius 3 is 1.37 bits per heavy atom. The molecule has 0 unspecified atom stereocenters. The predicted molar refractivity (Wildman–Crippen MR) is 97.9 cm³/mol. The van der Waals surface area contributed by atoms with Crippen LogP contribution in [0, 0.1) is 31.9 Å². The first kappa shape index (κ1) is 20.8. The summed E-state index contributed by atoms with van der Waals surface area (Å²) < 4.78 is 28.0. The number of nitro groups is 2. The van der Waals surface area contributed by atoms with Crippen molar-refractivity contribution in [3.8, 4) is 0 Å². The van der Waals surface area contributed by atoms with Crippen LogP contribution in [0.3, 0.4) is 0 Å². The number of non-ortho nitro benzene ring substituents is 2. The lowest BCUT2D eigenvalue weighted by molar-refractivity contribution is -0.385. The largest absolute Gasteiger partial charge is 0.335 e. The zero-order chi connectivity index (χ0) is 22.0. The van der Waals surface area contributed by atoms with Crippen LogP contribution in [-0.4, -0.2) is 57.6 Å². The molecule has 1 heterocycles. The first-order valence-corrected chi connectivity index (χ1v) is 8.65. The van der Waals surface area contributed by atoms with Gasteiger partial charge in [0, 0.05) is 50.4 Å². The van der Waals surface area contributed by atoms with Gasteiger partial charge in [-0.1, -0.05) is 0 Å². The molecule has 0 radical (unpaired) electrons. The van der Waals surface area contributed by atoms with Crippen LogP contribution in [0.4, 0.5) is 20.2 Å². The number of hydrogen-bond acceptors (Lipinski definition) is 6. The molecule has 0 saturated carbocycles. The maximum atomic E-state index is 14.0. The van der Waals surface area contributed by atoms with Crippen molar-refractivity contribution in [2.24, 2.45) is 0 Å². The third-order valence-electron chi connectivity index (χ3n) is 4.64. The highest BCUT2D eigenvalue weighted by molar-refractivity contribution is 5.97. The Balaban J connectivity index is 1.72. The van der Waals surface area contributed by atoms with Gasteiger partial charge in [0.05, 0.1) is 21.0 Å². The summed E-state index contributed by atoms with van der Waals surface area (Å²) in [5.41, 5.74) is -1.80. The molecule has 0 N–H and O–H groups in total. The van der Waals surface area contributed by atoms with Gasteiger partial charge in [0.15, 0.2) is 0 Å². The van der Waals surface area contributed by atoms with E-state index in [0.29, 0.717) is 0 Å². The molecule has 2 aromatic rings. The number of amides is 2. The first-order chi connectivity index (χ1) is 14.2. The summed E-state index contributed by atoms with van der Waals surface area (Å²) in [5.74, 6) is -3.37. The minimum absolute atomic E-state index is 0.0246. The molecule has 0 spiro atoms. The molecule has 156 valence electrons. The fraction of sp³-hybridized carbons (Fsp3) is 0.222. The topological polar surface area (TPSA) is 127 Å². The number of carbonyl (C=O) groups excluding carboxylic acids is 2. The highest BCUT2D eigenvalue weighted by Gasteiger charge is 2.29. The molecule has 1 saturated heterocycles. The number of piperazine rings is 1. The number of carbonyl (C=O) groups is 2. The monoisotopic (exact) mass is 420 g/mol. The SMILES string of the molecule is O=C(c1cc([N+](=O)[O-])ccc1F)N1CCN(C(=O)c2cc([N+](=O)[O-])ccc2F)CC1. The normalized spacial score (nSPS) is 13.8. The number of halogens is 2. The molecule has 2 aromatic carbocycles. The van der Waals surface area contributed by atoms with Gasteiger partial charge < -0.3 is 9.80 Å². The molecule has 0 atom stereocenters. The van der Waals surface area contributed by atoms with E-state index < -0.39 is 55.8 Å². The van der Waals surface area contributed by atoms with Gasteiger partial charge in [-0.05, 0) is 12.1 Å². The third kappa shape index (κ3) is 4.06. The van der Waals surface area contributed by atoms with E-state index in [4.69, 9.17) is 0 Å². The van der Waals surface area contributed by atoms with Crippen LogP contribution >= 0.6 is 0 Å². The van der Waals surface area contributed by atoms with Crippen LogP contribution in [0.25, 0.3) is 0 Å². The first-order valence-electron chi connectivity index (χ1n) is 8.65. The summed E-state index contributed by atoms with van der Waals surface area (Å²) in [4.78, 5) is 47.7. The van der Waals surface area contributed by atoms with E-state index in [1.165, 1.54) is 9.80 Å². The lowest BCUT2D eigenvalue weighted by atomic mass is 10.1. The molecule has 3 rings (SSSR count). The molecule has 0 bridgehead atoms. The predicted octanol–water partition coefficient (Wildman–Crippen LogP) is 2.38. The minimum atomic E-state index is -0.914. The zero-order valence-electron chi connectivity index (χ0n) is 15.3. The van der Waals surface area contributed by atoms with Gasteiger partial charge >= 0.3 is 0 Å². The molecular formula is C18H14F2N4O6. The van der Waals surface area contributed by atoms with E-state index >= 15 is 0 Å². The van der Waals surface area contributed by atoms with Crippen LogP contribution in [0.15, 0.2) is 36.4 Å². The second-order valence-corrected chi connectivity index (χ2v) is 6.43. The number of benzene rings is 2. The Hall–Kier alpha value is -3.96. The fourth-order valence-electron chi connectivity index (χ4n) is 3.03. The van der Waals surface area contributed by atoms with Crippen LogP contribution in [0.5, 0.6) is 0 Å². The number of nitrogens with zero attached hydrogens (tertiary/aromatic N) is 4. The number of hydrogen-bond donors (Lipinski definition) is 0. The van der Waals surface area contributed by atoms with Crippen molar-refractivity contribution >= 4 is 23.2 Å². The van der Waals surface area contributed by atoms with Crippen LogP contribution in [0.1, 0.15) is 20.7 Å². The lowest BCUT2D eigenvalue weighted by Crippen LogP contribution is -2.50. The summed E-state index contributed by atoms with van der Waals surface area (Å²) >= 11 is 0. The van der Waals surface area contributed by atoms with E-state index in [0.717, 1.165) is 36.4 Å². The fourth-order valence-corrected chi connectivity index (χ4v) is 3.03. The van der Waals surface area contributed by atoms with E-state index in [1.807, 2.05) is 0 Å². The molecule has 1 aliphatic rings. The lowest BCUT2D eigenvalue weighted by Gasteiger charge is -2.34. The van der Waals surface area contributed by atoms with Gasteiger partial charge in [0.1, 0.15) is 11.6 Å². The summed E-state index contributed by atoms with van der Waals surface area (Å²) in [6.07, 6.45) is 0. The average molecular weight is 420 g/mol. The highest BCUT2D eigenvalue weighted by atomic mass is 19.1. The van der Waals surface area contributed by atoms with Gasteiger partial charge in [-0.2, -0.15) is 0 Å². The zero-order valence-corrected chi connectivity index (χ0v) is 15.3. The van der Waals surface area contributed by atoms with Crippen molar-refractivity contribution in [1.82, 2.24) is 9.80 Å². The van der Waals surface area contributed by atoms with Crippen molar-refractivity contribution in [1.29, 1.82) is 0 Å². The summed E-state index contributed by atoms with van der Waals surface area (Å²) in [5, 5.41) is 21.7. The number of rotatable bonds is 4. The minimum Gasteiger partial charge on any atom is -0.335 e. The van der Waals surface area contributed by atoms with Crippen molar-refractivity contribution in [2.45, 2.75) is 0 Å². The quantitative estimate of drug-likeness (QED) is 0.552. The summed E-state index contributed by atoms with van der Waals surface area (Å²) in [6, 6.07) is 5.22. The Labute approximate surface area is 167 Å². The van der Waals surface area contributed by atoms with E-state index in [9.17, 15) is 38.6 Å². The molecule has 1 aliphatic heterocycles. The smallest absolute Gasteiger partial charge is 0.270 e. The standard InChI is InChI=1S/C18H14F2N4O6/c19-15-3-1-11(23(27)28)9-13(15)17(25)21-5-7-22(8-6-21)18(26)14-10-12(24(29)30)2-4-16(14)20/h1-4,9-10H,5-8H2. The molecule has 1 fully saturated rings. The Kier molecular flexibility index (Phi) is 5.67. The van der Waals surface area contributed by atoms with Crippen molar-refractivity contribution in [3.05, 3.63) is 79.4 Å². The average Bonchev–Trinajstić information content (AvgIpc) is 2.73. The Morgan fingerprint density at radius 2 is 1.07 bits per heavy atom. The molecule has 30 heavy (non-hydrogen) atoms. The highest BCUT2D eigenvalue weighted by Crippen LogP contribution is 2.21. The maximum Gasteiger partial charge on any atom is 0.270 e. The van der Waals surface area contributed by atoms with E-state index in [2.05, 4.69) is 0 Å². The van der Waals surface area contributed by atoms with E-state index in [1.54, 1.807) is 0 Å². The summed E-state index contributed by atoms with van der Waals surface area (Å²) in [7, 11) is 0. The molecular weight excluding hydrogens is 406 g/mol. The van der Waals surface area contributed by atoms with Gasteiger partial charge in [-0.3, -0.25) is 29.8 Å². The van der Waals surface area contributed by atoms with Gasteiger partial charge in [0.2, 0.25) is 0 Å². The van der Waals surface area contributed by atoms with Gasteiger partial charge in [-0.15, -0.1) is 0 Å². The van der Waals surface area contributed by atoms with Crippen molar-refractivity contribution in [2.75, 3.05) is 26.2 Å². The Bertz CT molecular complexity index is 969. The molecule has 0 aliphatic carbocycles. The molecule has 10 nitrogen and oxygen atoms in total.